The maximum atomic E-state index is 11.3. The predicted octanol–water partition coefficient (Wildman–Crippen LogP) is 0.357. The van der Waals surface area contributed by atoms with Gasteiger partial charge in [-0.05, 0) is 35.5 Å². The van der Waals surface area contributed by atoms with Gasteiger partial charge >= 0.3 is 0 Å². The molecule has 0 aliphatic heterocycles. The topological polar surface area (TPSA) is 43.1 Å². The molecular formula is C9H8BrNO. The Bertz CT molecular complexity index is 323. The van der Waals surface area contributed by atoms with Crippen LogP contribution in [0.25, 0.3) is 0 Å². The Hall–Kier alpha value is -0.0500. The molecule has 0 spiro atoms. The van der Waals surface area contributed by atoms with Gasteiger partial charge in [-0.25, -0.2) is 0 Å². The quantitative estimate of drug-likeness (QED) is 0.644. The summed E-state index contributed by atoms with van der Waals surface area (Å²) in [6.45, 7) is 0. The molecule has 6 aliphatic carbocycles. The third-order valence-corrected chi connectivity index (χ3v) is 7.52. The maximum Gasteiger partial charge on any atom is 0.224 e. The van der Waals surface area contributed by atoms with Gasteiger partial charge < -0.3 is 5.73 Å². The van der Waals surface area contributed by atoms with Crippen LogP contribution in [0.1, 0.15) is 0 Å². The number of carbonyl (C=O) groups is 1. The van der Waals surface area contributed by atoms with Crippen LogP contribution in [0.2, 0.25) is 0 Å². The van der Waals surface area contributed by atoms with E-state index in [1.54, 1.807) is 0 Å². The van der Waals surface area contributed by atoms with Crippen LogP contribution in [0.5, 0.6) is 0 Å². The molecule has 6 saturated carbocycles. The van der Waals surface area contributed by atoms with Gasteiger partial charge in [0.2, 0.25) is 5.91 Å². The molecular weight excluding hydrogens is 218 g/mol. The molecule has 3 heteroatoms. The molecule has 0 unspecified atom stereocenters. The van der Waals surface area contributed by atoms with Crippen molar-refractivity contribution in [3.63, 3.8) is 0 Å². The first-order chi connectivity index (χ1) is 5.68. The van der Waals surface area contributed by atoms with E-state index in [0.29, 0.717) is 4.32 Å². The monoisotopic (exact) mass is 225 g/mol. The lowest BCUT2D eigenvalue weighted by Gasteiger charge is -3.09. The van der Waals surface area contributed by atoms with E-state index in [1.165, 1.54) is 0 Å². The van der Waals surface area contributed by atoms with E-state index < -0.39 is 0 Å². The highest BCUT2D eigenvalue weighted by Gasteiger charge is 3.10. The van der Waals surface area contributed by atoms with Crippen molar-refractivity contribution in [1.82, 2.24) is 0 Å². The number of hydrogen-bond acceptors (Lipinski definition) is 1. The Morgan fingerprint density at radius 3 is 1.83 bits per heavy atom. The van der Waals surface area contributed by atoms with Crippen molar-refractivity contribution >= 4 is 21.8 Å². The lowest BCUT2D eigenvalue weighted by atomic mass is 8.96. The normalized spacial score (nSPS) is 88.1. The Balaban J connectivity index is 1.75. The Labute approximate surface area is 78.0 Å². The predicted molar refractivity (Wildman–Crippen MR) is 44.2 cm³/mol. The SMILES string of the molecule is NC(=O)C12C3C4C1C1C2C3C41Br. The minimum atomic E-state index is 0.0144. The summed E-state index contributed by atoms with van der Waals surface area (Å²) in [5.41, 5.74) is 5.53. The van der Waals surface area contributed by atoms with E-state index in [9.17, 15) is 4.79 Å². The summed E-state index contributed by atoms with van der Waals surface area (Å²) in [5.74, 6) is 4.72. The van der Waals surface area contributed by atoms with Gasteiger partial charge in [-0.15, -0.1) is 0 Å². The second-order valence-corrected chi connectivity index (χ2v) is 6.65. The molecule has 12 heavy (non-hydrogen) atoms. The number of halogens is 1. The minimum absolute atomic E-state index is 0.0144. The second kappa shape index (κ2) is 0.999. The van der Waals surface area contributed by atoms with Gasteiger partial charge in [0.15, 0.2) is 0 Å². The Morgan fingerprint density at radius 2 is 1.50 bits per heavy atom. The van der Waals surface area contributed by atoms with Gasteiger partial charge in [-0.1, -0.05) is 15.9 Å². The summed E-state index contributed by atoms with van der Waals surface area (Å²) in [7, 11) is 0. The van der Waals surface area contributed by atoms with Crippen molar-refractivity contribution < 1.29 is 4.79 Å². The average Bonchev–Trinajstić information content (AvgIpc) is 2.04. The summed E-state index contributed by atoms with van der Waals surface area (Å²) in [5, 5.41) is 0. The average molecular weight is 226 g/mol. The van der Waals surface area contributed by atoms with Crippen LogP contribution in [0.4, 0.5) is 0 Å². The molecule has 0 atom stereocenters. The molecule has 1 amide bonds. The van der Waals surface area contributed by atoms with Crippen molar-refractivity contribution in [3.8, 4) is 0 Å². The Kier molecular flexibility index (Phi) is 0.469. The van der Waals surface area contributed by atoms with Crippen molar-refractivity contribution in [1.29, 1.82) is 0 Å². The molecule has 62 valence electrons. The molecule has 6 rings (SSSR count). The van der Waals surface area contributed by atoms with E-state index in [1.807, 2.05) is 0 Å². The standard InChI is InChI=1S/C9H8BrNO/c10-9-4-1-5(9)3-6(9)2(4)8(1,3)7(11)12/h1-6H,(H2,11,12). The first kappa shape index (κ1) is 5.63. The van der Waals surface area contributed by atoms with Gasteiger partial charge in [0.25, 0.3) is 0 Å². The van der Waals surface area contributed by atoms with Gasteiger partial charge in [0.05, 0.1) is 5.41 Å². The molecule has 0 heterocycles. The van der Waals surface area contributed by atoms with E-state index in [-0.39, 0.29) is 11.3 Å². The smallest absolute Gasteiger partial charge is 0.224 e. The van der Waals surface area contributed by atoms with Crippen molar-refractivity contribution in [2.24, 2.45) is 46.7 Å². The maximum absolute atomic E-state index is 11.3. The molecule has 0 aromatic carbocycles. The number of carbonyl (C=O) groups excluding carboxylic acids is 1. The number of amides is 1. The third kappa shape index (κ3) is 0.183. The van der Waals surface area contributed by atoms with Crippen LogP contribution in [-0.4, -0.2) is 10.2 Å². The van der Waals surface area contributed by atoms with Crippen LogP contribution in [0.3, 0.4) is 0 Å². The lowest BCUT2D eigenvalue weighted by molar-refractivity contribution is -0.574. The lowest BCUT2D eigenvalue weighted by Crippen LogP contribution is -3.12. The highest BCUT2D eigenvalue weighted by molar-refractivity contribution is 9.10. The number of nitrogens with two attached hydrogens (primary N) is 1. The molecule has 2 N–H and O–H groups in total. The zero-order chi connectivity index (χ0) is 8.04. The van der Waals surface area contributed by atoms with E-state index in [0.717, 1.165) is 35.5 Å². The number of primary amides is 1. The highest BCUT2D eigenvalue weighted by atomic mass is 79.9. The summed E-state index contributed by atoms with van der Waals surface area (Å²) < 4.78 is 0.532. The van der Waals surface area contributed by atoms with Gasteiger partial charge in [0.1, 0.15) is 0 Å². The molecule has 0 saturated heterocycles. The molecule has 0 aromatic rings. The molecule has 0 bridgehead atoms. The number of alkyl halides is 1. The first-order valence-corrected chi connectivity index (χ1v) is 5.46. The van der Waals surface area contributed by atoms with Crippen molar-refractivity contribution in [2.45, 2.75) is 4.32 Å². The van der Waals surface area contributed by atoms with E-state index in [4.69, 9.17) is 5.73 Å². The molecule has 0 radical (unpaired) electrons. The number of rotatable bonds is 1. The van der Waals surface area contributed by atoms with Gasteiger partial charge in [0, 0.05) is 4.32 Å². The second-order valence-electron chi connectivity index (χ2n) is 5.28. The van der Waals surface area contributed by atoms with Gasteiger partial charge in [-0.2, -0.15) is 0 Å². The largest absolute Gasteiger partial charge is 0.369 e. The van der Waals surface area contributed by atoms with Crippen LogP contribution in [0, 0.1) is 40.9 Å². The minimum Gasteiger partial charge on any atom is -0.369 e. The highest BCUT2D eigenvalue weighted by Crippen LogP contribution is 3.08. The number of hydrogen-bond donors (Lipinski definition) is 1. The Morgan fingerprint density at radius 1 is 1.08 bits per heavy atom. The summed E-state index contributed by atoms with van der Waals surface area (Å²) in [6.07, 6.45) is 0. The first-order valence-electron chi connectivity index (χ1n) is 4.66. The summed E-state index contributed by atoms with van der Waals surface area (Å²) >= 11 is 3.84. The van der Waals surface area contributed by atoms with E-state index in [2.05, 4.69) is 15.9 Å². The van der Waals surface area contributed by atoms with E-state index >= 15 is 0 Å². The molecule has 2 nitrogen and oxygen atoms in total. The van der Waals surface area contributed by atoms with Gasteiger partial charge in [-0.3, -0.25) is 4.79 Å². The fourth-order valence-corrected chi connectivity index (χ4v) is 7.60. The van der Waals surface area contributed by atoms with Crippen LogP contribution >= 0.6 is 15.9 Å². The third-order valence-electron chi connectivity index (χ3n) is 5.94. The molecule has 0 aromatic heterocycles. The summed E-state index contributed by atoms with van der Waals surface area (Å²) in [4.78, 5) is 11.3. The fraction of sp³-hybridized carbons (Fsp3) is 0.889. The molecule has 6 fully saturated rings. The zero-order valence-corrected chi connectivity index (χ0v) is 7.91. The van der Waals surface area contributed by atoms with Crippen molar-refractivity contribution in [2.75, 3.05) is 0 Å². The zero-order valence-electron chi connectivity index (χ0n) is 6.33. The molecule has 6 aliphatic rings. The van der Waals surface area contributed by atoms with Crippen molar-refractivity contribution in [3.05, 3.63) is 0 Å². The summed E-state index contributed by atoms with van der Waals surface area (Å²) in [6, 6.07) is 0. The fourth-order valence-electron chi connectivity index (χ4n) is 5.89. The van der Waals surface area contributed by atoms with Crippen LogP contribution in [0.15, 0.2) is 0 Å². The van der Waals surface area contributed by atoms with Crippen LogP contribution < -0.4 is 5.73 Å². The van der Waals surface area contributed by atoms with Crippen LogP contribution in [-0.2, 0) is 4.79 Å².